The number of rotatable bonds is 50. The van der Waals surface area contributed by atoms with E-state index < -0.39 is 32.5 Å². The first-order valence-corrected chi connectivity index (χ1v) is 29.2. The van der Waals surface area contributed by atoms with Gasteiger partial charge in [-0.25, -0.2) is 4.57 Å². The van der Waals surface area contributed by atoms with E-state index in [4.69, 9.17) is 24.3 Å². The van der Waals surface area contributed by atoms with E-state index in [-0.39, 0.29) is 32.6 Å². The van der Waals surface area contributed by atoms with E-state index >= 15 is 0 Å². The highest BCUT2D eigenvalue weighted by molar-refractivity contribution is 7.47. The van der Waals surface area contributed by atoms with Gasteiger partial charge in [0.2, 0.25) is 0 Å². The molecule has 0 saturated heterocycles. The molecular formula is C61H100NO8P. The number of carbonyl (C=O) groups excluding carboxylic acids is 2. The van der Waals surface area contributed by atoms with Crippen LogP contribution in [0.3, 0.4) is 0 Å². The fourth-order valence-electron chi connectivity index (χ4n) is 7.02. The van der Waals surface area contributed by atoms with Crippen LogP contribution in [0, 0.1) is 0 Å². The summed E-state index contributed by atoms with van der Waals surface area (Å²) in [6, 6.07) is 0. The number of phosphoric acid groups is 1. The lowest BCUT2D eigenvalue weighted by molar-refractivity contribution is -0.161. The summed E-state index contributed by atoms with van der Waals surface area (Å²) in [7, 11) is -4.40. The van der Waals surface area contributed by atoms with Crippen LogP contribution in [0.15, 0.2) is 134 Å². The van der Waals surface area contributed by atoms with Crippen LogP contribution in [0.1, 0.15) is 206 Å². The van der Waals surface area contributed by atoms with Crippen molar-refractivity contribution >= 4 is 19.8 Å². The van der Waals surface area contributed by atoms with Gasteiger partial charge in [0, 0.05) is 19.4 Å². The first kappa shape index (κ1) is 67.1. The molecule has 0 spiro atoms. The average Bonchev–Trinajstić information content (AvgIpc) is 3.36. The van der Waals surface area contributed by atoms with Gasteiger partial charge in [-0.1, -0.05) is 218 Å². The SMILES string of the molecule is CC/C=C\C/C=C\C/C=C\C/C=C\C/C=C\C/C=C\CCCCCCCCCCCCC(=O)OC(COC(=O)CCCCCCC/C=C\C/C=C\C/C=C\C/C=C\C/C=C\CC)COP(=O)(O)OCCN. The molecule has 0 bridgehead atoms. The lowest BCUT2D eigenvalue weighted by Crippen LogP contribution is -2.29. The highest BCUT2D eigenvalue weighted by atomic mass is 31.2. The topological polar surface area (TPSA) is 134 Å². The second kappa shape index (κ2) is 55.5. The number of nitrogens with two attached hydrogens (primary N) is 1. The van der Waals surface area contributed by atoms with Gasteiger partial charge in [-0.05, 0) is 109 Å². The van der Waals surface area contributed by atoms with Crippen molar-refractivity contribution in [1.82, 2.24) is 0 Å². The molecule has 0 amide bonds. The lowest BCUT2D eigenvalue weighted by atomic mass is 10.0. The average molecular weight is 1010 g/mol. The Morgan fingerprint density at radius 2 is 0.732 bits per heavy atom. The minimum Gasteiger partial charge on any atom is -0.462 e. The minimum atomic E-state index is -4.40. The Morgan fingerprint density at radius 1 is 0.423 bits per heavy atom. The number of unbranched alkanes of at least 4 members (excludes halogenated alkanes) is 15. The molecule has 10 heteroatoms. The molecule has 0 aromatic heterocycles. The number of hydrogen-bond donors (Lipinski definition) is 2. The number of phosphoric ester groups is 1. The number of allylic oxidation sites excluding steroid dienone is 22. The predicted molar refractivity (Wildman–Crippen MR) is 302 cm³/mol. The van der Waals surface area contributed by atoms with Crippen LogP contribution in [0.25, 0.3) is 0 Å². The predicted octanol–water partition coefficient (Wildman–Crippen LogP) is 17.4. The van der Waals surface area contributed by atoms with Gasteiger partial charge in [-0.3, -0.25) is 18.6 Å². The summed E-state index contributed by atoms with van der Waals surface area (Å²) < 4.78 is 33.0. The van der Waals surface area contributed by atoms with E-state index in [9.17, 15) is 19.0 Å². The molecule has 0 aromatic carbocycles. The summed E-state index contributed by atoms with van der Waals surface area (Å²) in [5.74, 6) is -0.865. The maximum Gasteiger partial charge on any atom is 0.472 e. The maximum absolute atomic E-state index is 12.7. The van der Waals surface area contributed by atoms with Crippen LogP contribution >= 0.6 is 7.82 Å². The molecule has 0 aromatic rings. The standard InChI is InChI=1S/C61H100NO8P/c1-3-5-7-9-11-13-15-17-19-21-23-25-26-27-28-29-30-31-32-34-36-38-40-42-44-46-48-50-52-54-61(64)70-59(58-69-71(65,66)68-56-55-62)57-67-60(63)53-51-49-47-45-43-41-39-37-35-33-24-22-20-18-16-14-12-10-8-6-4-2/h5-8,11-14,17-20,23-25,27-28,30-31,33,37,39,59H,3-4,9-10,15-16,21-22,26,29,32,34-36,38,40-58,62H2,1-2H3,(H,65,66)/b7-5-,8-6-,13-11-,14-12-,19-17-,20-18-,25-23-,28-27-,31-30-,33-24-,39-37-. The molecule has 0 saturated carbocycles. The summed E-state index contributed by atoms with van der Waals surface area (Å²) in [6.45, 7) is 3.47. The molecular weight excluding hydrogens is 906 g/mol. The van der Waals surface area contributed by atoms with Crippen LogP contribution in [-0.2, 0) is 32.7 Å². The van der Waals surface area contributed by atoms with Crippen LogP contribution in [0.5, 0.6) is 0 Å². The number of carbonyl (C=O) groups is 2. The number of hydrogen-bond acceptors (Lipinski definition) is 8. The molecule has 0 aliphatic heterocycles. The molecule has 9 nitrogen and oxygen atoms in total. The summed E-state index contributed by atoms with van der Waals surface area (Å²) >= 11 is 0. The molecule has 402 valence electrons. The van der Waals surface area contributed by atoms with Gasteiger partial charge in [0.1, 0.15) is 6.61 Å². The first-order chi connectivity index (χ1) is 34.8. The monoisotopic (exact) mass is 1010 g/mol. The van der Waals surface area contributed by atoms with Crippen LogP contribution in [0.2, 0.25) is 0 Å². The normalized spacial score (nSPS) is 14.1. The van der Waals surface area contributed by atoms with E-state index in [1.165, 1.54) is 38.5 Å². The molecule has 0 fully saturated rings. The van der Waals surface area contributed by atoms with Crippen molar-refractivity contribution in [1.29, 1.82) is 0 Å². The number of esters is 2. The third-order valence-corrected chi connectivity index (χ3v) is 12.0. The van der Waals surface area contributed by atoms with Crippen molar-refractivity contribution in [3.8, 4) is 0 Å². The van der Waals surface area contributed by atoms with E-state index in [1.807, 2.05) is 0 Å². The fourth-order valence-corrected chi connectivity index (χ4v) is 7.78. The van der Waals surface area contributed by atoms with Gasteiger partial charge < -0.3 is 20.1 Å². The third kappa shape index (κ3) is 55.3. The zero-order valence-electron chi connectivity index (χ0n) is 44.7. The van der Waals surface area contributed by atoms with E-state index in [1.54, 1.807) is 0 Å². The first-order valence-electron chi connectivity index (χ1n) is 27.7. The maximum atomic E-state index is 12.7. The molecule has 0 aliphatic rings. The van der Waals surface area contributed by atoms with Gasteiger partial charge in [0.15, 0.2) is 6.10 Å². The molecule has 2 atom stereocenters. The second-order valence-electron chi connectivity index (χ2n) is 17.7. The Balaban J connectivity index is 4.08. The van der Waals surface area contributed by atoms with Crippen molar-refractivity contribution in [3.05, 3.63) is 134 Å². The van der Waals surface area contributed by atoms with Crippen molar-refractivity contribution in [2.45, 2.75) is 213 Å². The molecule has 71 heavy (non-hydrogen) atoms. The zero-order chi connectivity index (χ0) is 51.7. The van der Waals surface area contributed by atoms with E-state index in [2.05, 4.69) is 148 Å². The van der Waals surface area contributed by atoms with Gasteiger partial charge in [-0.2, -0.15) is 0 Å². The number of ether oxygens (including phenoxy) is 2. The smallest absolute Gasteiger partial charge is 0.462 e. The Labute approximate surface area is 434 Å². The lowest BCUT2D eigenvalue weighted by Gasteiger charge is -2.19. The molecule has 0 rings (SSSR count). The quantitative estimate of drug-likeness (QED) is 0.0264. The molecule has 0 aliphatic carbocycles. The molecule has 0 heterocycles. The summed E-state index contributed by atoms with van der Waals surface area (Å²) in [5.41, 5.74) is 5.38. The zero-order valence-corrected chi connectivity index (χ0v) is 45.5. The van der Waals surface area contributed by atoms with Crippen molar-refractivity contribution in [3.63, 3.8) is 0 Å². The van der Waals surface area contributed by atoms with E-state index in [0.29, 0.717) is 12.8 Å². The van der Waals surface area contributed by atoms with Crippen molar-refractivity contribution in [2.75, 3.05) is 26.4 Å². The largest absolute Gasteiger partial charge is 0.472 e. The molecule has 0 radical (unpaired) electrons. The Kier molecular flexibility index (Phi) is 52.5. The summed E-state index contributed by atoms with van der Waals surface area (Å²) in [6.07, 6.45) is 77.8. The Hall–Kier alpha value is -3.85. The van der Waals surface area contributed by atoms with Crippen LogP contribution in [0.4, 0.5) is 0 Å². The summed E-state index contributed by atoms with van der Waals surface area (Å²) in [5, 5.41) is 0. The van der Waals surface area contributed by atoms with E-state index in [0.717, 1.165) is 128 Å². The highest BCUT2D eigenvalue weighted by Gasteiger charge is 2.26. The second-order valence-corrected chi connectivity index (χ2v) is 19.1. The molecule has 3 N–H and O–H groups in total. The Bertz CT molecular complexity index is 1620. The van der Waals surface area contributed by atoms with Crippen LogP contribution < -0.4 is 5.73 Å². The van der Waals surface area contributed by atoms with Crippen molar-refractivity contribution in [2.24, 2.45) is 5.73 Å². The fraction of sp³-hybridized carbons (Fsp3) is 0.607. The molecule has 2 unspecified atom stereocenters. The van der Waals surface area contributed by atoms with Crippen molar-refractivity contribution < 1.29 is 37.6 Å². The van der Waals surface area contributed by atoms with Crippen LogP contribution in [-0.4, -0.2) is 49.3 Å². The van der Waals surface area contributed by atoms with Gasteiger partial charge in [0.05, 0.1) is 13.2 Å². The summed E-state index contributed by atoms with van der Waals surface area (Å²) in [4.78, 5) is 35.2. The Morgan fingerprint density at radius 3 is 1.08 bits per heavy atom. The highest BCUT2D eigenvalue weighted by Crippen LogP contribution is 2.43. The van der Waals surface area contributed by atoms with Gasteiger partial charge in [-0.15, -0.1) is 0 Å². The third-order valence-electron chi connectivity index (χ3n) is 11.0. The van der Waals surface area contributed by atoms with Gasteiger partial charge >= 0.3 is 19.8 Å². The minimum absolute atomic E-state index is 0.0422. The van der Waals surface area contributed by atoms with Gasteiger partial charge in [0.25, 0.3) is 0 Å².